The lowest BCUT2D eigenvalue weighted by atomic mass is 10.2. The van der Waals surface area contributed by atoms with Gasteiger partial charge in [-0.25, -0.2) is 0 Å². The number of carbonyl (C=O) groups is 1. The lowest BCUT2D eigenvalue weighted by Crippen LogP contribution is -2.43. The smallest absolute Gasteiger partial charge is 0.221 e. The number of hydrogen-bond donors (Lipinski definition) is 3. The largest absolute Gasteiger partial charge is 0.356 e. The Labute approximate surface area is 190 Å². The first-order valence-electron chi connectivity index (χ1n) is 10.3. The zero-order valence-electron chi connectivity index (χ0n) is 16.8. The molecule has 1 aromatic heterocycles. The van der Waals surface area contributed by atoms with Gasteiger partial charge in [-0.3, -0.25) is 14.7 Å². The van der Waals surface area contributed by atoms with Crippen LogP contribution in [0.5, 0.6) is 0 Å². The van der Waals surface area contributed by atoms with Crippen LogP contribution in [0.2, 0.25) is 0 Å². The van der Waals surface area contributed by atoms with Crippen molar-refractivity contribution in [1.82, 2.24) is 20.9 Å². The van der Waals surface area contributed by atoms with Crippen molar-refractivity contribution in [2.24, 2.45) is 4.99 Å². The van der Waals surface area contributed by atoms with Crippen molar-refractivity contribution < 1.29 is 4.79 Å². The van der Waals surface area contributed by atoms with Gasteiger partial charge in [0.1, 0.15) is 0 Å². The van der Waals surface area contributed by atoms with Crippen molar-refractivity contribution in [2.75, 3.05) is 33.2 Å². The van der Waals surface area contributed by atoms with Gasteiger partial charge in [0.15, 0.2) is 5.96 Å². The predicted molar refractivity (Wildman–Crippen MR) is 128 cm³/mol. The van der Waals surface area contributed by atoms with E-state index in [4.69, 9.17) is 0 Å². The monoisotopic (exact) mass is 519 g/mol. The number of likely N-dealkylation sites (tertiary alicyclic amines) is 1. The van der Waals surface area contributed by atoms with Gasteiger partial charge in [0.25, 0.3) is 0 Å². The summed E-state index contributed by atoms with van der Waals surface area (Å²) >= 11 is 1.82. The number of hydrogen-bond acceptors (Lipinski definition) is 4. The minimum Gasteiger partial charge on any atom is -0.356 e. The topological polar surface area (TPSA) is 68.8 Å². The number of carbonyl (C=O) groups excluding carboxylic acids is 1. The van der Waals surface area contributed by atoms with Gasteiger partial charge < -0.3 is 16.0 Å². The van der Waals surface area contributed by atoms with Gasteiger partial charge in [-0.05, 0) is 50.2 Å². The minimum absolute atomic E-state index is 0. The van der Waals surface area contributed by atoms with E-state index in [0.717, 1.165) is 38.4 Å². The lowest BCUT2D eigenvalue weighted by molar-refractivity contribution is -0.121. The molecule has 1 aliphatic heterocycles. The average Bonchev–Trinajstić information content (AvgIpc) is 3.43. The molecule has 0 radical (unpaired) electrons. The van der Waals surface area contributed by atoms with Crippen LogP contribution in [0, 0.1) is 0 Å². The number of aliphatic imine (C=N–C) groups is 1. The number of rotatable bonds is 8. The lowest BCUT2D eigenvalue weighted by Gasteiger charge is -2.27. The van der Waals surface area contributed by atoms with Crippen LogP contribution in [0.1, 0.15) is 55.9 Å². The Kier molecular flexibility index (Phi) is 10.6. The maximum Gasteiger partial charge on any atom is 0.221 e. The van der Waals surface area contributed by atoms with Crippen LogP contribution in [-0.4, -0.2) is 56.0 Å². The maximum absolute atomic E-state index is 12.0. The van der Waals surface area contributed by atoms with Gasteiger partial charge in [0, 0.05) is 37.5 Å². The van der Waals surface area contributed by atoms with Crippen molar-refractivity contribution in [3.63, 3.8) is 0 Å². The highest BCUT2D eigenvalue weighted by Crippen LogP contribution is 2.27. The van der Waals surface area contributed by atoms with Gasteiger partial charge in [-0.1, -0.05) is 18.9 Å². The molecule has 1 saturated carbocycles. The Morgan fingerprint density at radius 2 is 2.00 bits per heavy atom. The molecule has 2 heterocycles. The summed E-state index contributed by atoms with van der Waals surface area (Å²) in [6.07, 6.45) is 7.78. The average molecular weight is 519 g/mol. The highest BCUT2D eigenvalue weighted by atomic mass is 127. The Bertz CT molecular complexity index is 598. The van der Waals surface area contributed by atoms with Crippen molar-refractivity contribution in [1.29, 1.82) is 0 Å². The molecule has 1 saturated heterocycles. The Morgan fingerprint density at radius 3 is 2.64 bits per heavy atom. The molecule has 3 N–H and O–H groups in total. The van der Waals surface area contributed by atoms with Gasteiger partial charge in [0.2, 0.25) is 5.91 Å². The SMILES string of the molecule is CN=C(NCCC(=O)NC1CCCC1)NCC(c1cccs1)N1CCCC1.I. The molecule has 0 bridgehead atoms. The fraction of sp³-hybridized carbons (Fsp3) is 0.700. The predicted octanol–water partition coefficient (Wildman–Crippen LogP) is 3.12. The molecule has 1 unspecified atom stereocenters. The first-order chi connectivity index (χ1) is 13.3. The molecule has 0 aromatic carbocycles. The Hall–Kier alpha value is -0.870. The number of nitrogens with zero attached hydrogens (tertiary/aromatic N) is 2. The molecule has 158 valence electrons. The fourth-order valence-electron chi connectivity index (χ4n) is 4.02. The molecule has 8 heteroatoms. The van der Waals surface area contributed by atoms with E-state index in [-0.39, 0.29) is 29.9 Å². The minimum atomic E-state index is 0. The number of halogens is 1. The second-order valence-corrected chi connectivity index (χ2v) is 8.43. The molecule has 0 spiro atoms. The molecule has 6 nitrogen and oxygen atoms in total. The van der Waals surface area contributed by atoms with E-state index in [1.54, 1.807) is 7.05 Å². The highest BCUT2D eigenvalue weighted by Gasteiger charge is 2.24. The van der Waals surface area contributed by atoms with Crippen molar-refractivity contribution in [3.8, 4) is 0 Å². The van der Waals surface area contributed by atoms with Gasteiger partial charge in [0.05, 0.1) is 6.04 Å². The van der Waals surface area contributed by atoms with Crippen LogP contribution < -0.4 is 16.0 Å². The van der Waals surface area contributed by atoms with E-state index in [1.165, 1.54) is 30.6 Å². The fourth-order valence-corrected chi connectivity index (χ4v) is 4.88. The third-order valence-electron chi connectivity index (χ3n) is 5.50. The maximum atomic E-state index is 12.0. The Balaban J connectivity index is 0.00000280. The van der Waals surface area contributed by atoms with E-state index in [1.807, 2.05) is 11.3 Å². The molecule has 1 amide bonds. The number of guanidine groups is 1. The van der Waals surface area contributed by atoms with E-state index in [2.05, 4.69) is 43.4 Å². The molecule has 3 rings (SSSR count). The number of amides is 1. The third kappa shape index (κ3) is 7.18. The summed E-state index contributed by atoms with van der Waals surface area (Å²) < 4.78 is 0. The van der Waals surface area contributed by atoms with Gasteiger partial charge in [-0.2, -0.15) is 0 Å². The van der Waals surface area contributed by atoms with E-state index in [0.29, 0.717) is 25.0 Å². The standard InChI is InChI=1S/C20H33N5OS.HI/c1-21-20(22-11-10-19(26)24-16-7-2-3-8-16)23-15-17(18-9-6-14-27-18)25-12-4-5-13-25;/h6,9,14,16-17H,2-5,7-8,10-13,15H2,1H3,(H,24,26)(H2,21,22,23);1H. The normalized spacial score (nSPS) is 19.2. The van der Waals surface area contributed by atoms with Crippen molar-refractivity contribution in [3.05, 3.63) is 22.4 Å². The molecule has 1 aliphatic carbocycles. The first-order valence-corrected chi connectivity index (χ1v) is 11.2. The second kappa shape index (κ2) is 12.6. The van der Waals surface area contributed by atoms with Crippen LogP contribution in [0.3, 0.4) is 0 Å². The summed E-state index contributed by atoms with van der Waals surface area (Å²) in [5.74, 6) is 0.905. The quantitative estimate of drug-likeness (QED) is 0.281. The van der Waals surface area contributed by atoms with Crippen LogP contribution in [0.15, 0.2) is 22.5 Å². The summed E-state index contributed by atoms with van der Waals surface area (Å²) in [5.41, 5.74) is 0. The van der Waals surface area contributed by atoms with Crippen LogP contribution in [0.25, 0.3) is 0 Å². The molecular weight excluding hydrogens is 485 g/mol. The zero-order valence-corrected chi connectivity index (χ0v) is 19.9. The molecule has 1 atom stereocenters. The molecule has 2 aliphatic rings. The summed E-state index contributed by atoms with van der Waals surface area (Å²) in [6.45, 7) is 3.76. The van der Waals surface area contributed by atoms with E-state index >= 15 is 0 Å². The van der Waals surface area contributed by atoms with E-state index in [9.17, 15) is 4.79 Å². The third-order valence-corrected chi connectivity index (χ3v) is 6.48. The summed E-state index contributed by atoms with van der Waals surface area (Å²) in [5, 5.41) is 12.0. The van der Waals surface area contributed by atoms with Crippen LogP contribution in [0.4, 0.5) is 0 Å². The first kappa shape index (κ1) is 23.4. The van der Waals surface area contributed by atoms with Gasteiger partial charge >= 0.3 is 0 Å². The molecular formula is C20H34IN5OS. The van der Waals surface area contributed by atoms with E-state index < -0.39 is 0 Å². The summed E-state index contributed by atoms with van der Waals surface area (Å²) in [7, 11) is 1.78. The molecule has 2 fully saturated rings. The van der Waals surface area contributed by atoms with Crippen LogP contribution >= 0.6 is 35.3 Å². The molecule has 1 aromatic rings. The van der Waals surface area contributed by atoms with Crippen molar-refractivity contribution in [2.45, 2.75) is 57.0 Å². The summed E-state index contributed by atoms with van der Waals surface area (Å²) in [6, 6.07) is 5.12. The second-order valence-electron chi connectivity index (χ2n) is 7.45. The van der Waals surface area contributed by atoms with Crippen molar-refractivity contribution >= 4 is 47.2 Å². The molecule has 28 heavy (non-hydrogen) atoms. The number of thiophene rings is 1. The highest BCUT2D eigenvalue weighted by molar-refractivity contribution is 14.0. The number of nitrogens with one attached hydrogen (secondary N) is 3. The summed E-state index contributed by atoms with van der Waals surface area (Å²) in [4.78, 5) is 20.3. The zero-order chi connectivity index (χ0) is 18.9. The Morgan fingerprint density at radius 1 is 1.25 bits per heavy atom. The van der Waals surface area contributed by atoms with Gasteiger partial charge in [-0.15, -0.1) is 35.3 Å². The van der Waals surface area contributed by atoms with Crippen LogP contribution in [-0.2, 0) is 4.79 Å².